The van der Waals surface area contributed by atoms with Gasteiger partial charge in [0.25, 0.3) is 5.91 Å². The fourth-order valence-electron chi connectivity index (χ4n) is 3.28. The van der Waals surface area contributed by atoms with Crippen LogP contribution in [0.3, 0.4) is 0 Å². The summed E-state index contributed by atoms with van der Waals surface area (Å²) in [4.78, 5) is 50.4. The van der Waals surface area contributed by atoms with Crippen molar-refractivity contribution in [2.24, 2.45) is 0 Å². The quantitative estimate of drug-likeness (QED) is 0.386. The van der Waals surface area contributed by atoms with Crippen molar-refractivity contribution in [2.75, 3.05) is 11.5 Å². The molecule has 0 bridgehead atoms. The van der Waals surface area contributed by atoms with Crippen molar-refractivity contribution in [1.29, 1.82) is 0 Å². The number of Topliss-reactive ketones (excluding diaryl/α,β-unsaturated/α-hetero) is 1. The number of ether oxygens (including phenoxy) is 1. The molecule has 1 N–H and O–H groups in total. The number of benzene rings is 2. The molecule has 9 heteroatoms. The van der Waals surface area contributed by atoms with Crippen LogP contribution in [0.1, 0.15) is 40.0 Å². The summed E-state index contributed by atoms with van der Waals surface area (Å²) in [5.41, 5.74) is 0.855. The van der Waals surface area contributed by atoms with Crippen molar-refractivity contribution >= 4 is 52.5 Å². The van der Waals surface area contributed by atoms with Crippen molar-refractivity contribution < 1.29 is 23.9 Å². The molecule has 0 aromatic heterocycles. The number of nitrogens with one attached hydrogen (secondary N) is 1. The van der Waals surface area contributed by atoms with Crippen LogP contribution >= 0.6 is 23.2 Å². The average Bonchev–Trinajstić information content (AvgIpc) is 3.53. The van der Waals surface area contributed by atoms with E-state index in [1.807, 2.05) is 0 Å². The predicted molar refractivity (Wildman–Crippen MR) is 115 cm³/mol. The van der Waals surface area contributed by atoms with Gasteiger partial charge in [-0.2, -0.15) is 0 Å². The highest BCUT2D eigenvalue weighted by Crippen LogP contribution is 2.27. The number of amides is 2. The summed E-state index contributed by atoms with van der Waals surface area (Å²) < 4.78 is 5.07. The SMILES string of the molecule is O=C(COC(=O)c1ccc(N2C(=O)CC(NC3CC3)C2=O)cc1)c1ccc(Cl)c(Cl)c1. The lowest BCUT2D eigenvalue weighted by atomic mass is 10.1. The third-order valence-corrected chi connectivity index (χ3v) is 5.84. The number of nitrogens with zero attached hydrogens (tertiary/aromatic N) is 1. The largest absolute Gasteiger partial charge is 0.454 e. The first-order valence-electron chi connectivity index (χ1n) is 9.72. The van der Waals surface area contributed by atoms with Gasteiger partial charge in [0, 0.05) is 11.6 Å². The number of carbonyl (C=O) groups is 4. The minimum absolute atomic E-state index is 0.121. The number of esters is 1. The summed E-state index contributed by atoms with van der Waals surface area (Å²) in [6.45, 7) is -0.462. The number of hydrogen-bond donors (Lipinski definition) is 1. The molecule has 1 saturated heterocycles. The molecule has 160 valence electrons. The van der Waals surface area contributed by atoms with Gasteiger partial charge in [-0.3, -0.25) is 14.4 Å². The van der Waals surface area contributed by atoms with E-state index in [9.17, 15) is 19.2 Å². The molecule has 31 heavy (non-hydrogen) atoms. The van der Waals surface area contributed by atoms with Crippen molar-refractivity contribution in [3.8, 4) is 0 Å². The number of ketones is 1. The van der Waals surface area contributed by atoms with Gasteiger partial charge >= 0.3 is 5.97 Å². The van der Waals surface area contributed by atoms with Crippen molar-refractivity contribution in [1.82, 2.24) is 5.32 Å². The molecule has 1 saturated carbocycles. The number of halogens is 2. The van der Waals surface area contributed by atoms with Gasteiger partial charge in [-0.05, 0) is 55.3 Å². The summed E-state index contributed by atoms with van der Waals surface area (Å²) >= 11 is 11.7. The second-order valence-corrected chi connectivity index (χ2v) is 8.25. The number of hydrogen-bond acceptors (Lipinski definition) is 6. The molecule has 0 radical (unpaired) electrons. The minimum Gasteiger partial charge on any atom is -0.454 e. The molecule has 1 heterocycles. The highest BCUT2D eigenvalue weighted by molar-refractivity contribution is 6.42. The number of imide groups is 1. The molecule has 1 aliphatic carbocycles. The molecule has 2 fully saturated rings. The van der Waals surface area contributed by atoms with Crippen LogP contribution < -0.4 is 10.2 Å². The molecule has 1 atom stereocenters. The van der Waals surface area contributed by atoms with Crippen molar-refractivity contribution in [2.45, 2.75) is 31.3 Å². The summed E-state index contributed by atoms with van der Waals surface area (Å²) in [5, 5.41) is 3.73. The van der Waals surface area contributed by atoms with E-state index in [0.717, 1.165) is 17.7 Å². The zero-order chi connectivity index (χ0) is 22.1. The van der Waals surface area contributed by atoms with Gasteiger partial charge in [-0.15, -0.1) is 0 Å². The van der Waals surface area contributed by atoms with E-state index >= 15 is 0 Å². The summed E-state index contributed by atoms with van der Waals surface area (Å²) in [5.74, 6) is -1.71. The molecular weight excluding hydrogens is 443 g/mol. The van der Waals surface area contributed by atoms with Crippen LogP contribution in [0, 0.1) is 0 Å². The Morgan fingerprint density at radius 2 is 1.68 bits per heavy atom. The third-order valence-electron chi connectivity index (χ3n) is 5.10. The second kappa shape index (κ2) is 8.78. The van der Waals surface area contributed by atoms with Crippen molar-refractivity contribution in [3.05, 3.63) is 63.6 Å². The molecule has 2 aliphatic rings. The highest BCUT2D eigenvalue weighted by atomic mass is 35.5. The van der Waals surface area contributed by atoms with Crippen LogP contribution in [-0.4, -0.2) is 42.3 Å². The fraction of sp³-hybridized carbons (Fsp3) is 0.273. The summed E-state index contributed by atoms with van der Waals surface area (Å²) in [6.07, 6.45) is 2.15. The maximum atomic E-state index is 12.6. The molecule has 0 spiro atoms. The van der Waals surface area contributed by atoms with E-state index in [0.29, 0.717) is 16.8 Å². The van der Waals surface area contributed by atoms with Crippen molar-refractivity contribution in [3.63, 3.8) is 0 Å². The van der Waals surface area contributed by atoms with E-state index in [-0.39, 0.29) is 34.4 Å². The zero-order valence-electron chi connectivity index (χ0n) is 16.3. The predicted octanol–water partition coefficient (Wildman–Crippen LogP) is 3.42. The Hall–Kier alpha value is -2.74. The van der Waals surface area contributed by atoms with Gasteiger partial charge < -0.3 is 10.1 Å². The number of carbonyl (C=O) groups excluding carboxylic acids is 4. The van der Waals surface area contributed by atoms with E-state index in [4.69, 9.17) is 27.9 Å². The lowest BCUT2D eigenvalue weighted by Gasteiger charge is -2.15. The number of anilines is 1. The summed E-state index contributed by atoms with van der Waals surface area (Å²) in [7, 11) is 0. The lowest BCUT2D eigenvalue weighted by molar-refractivity contribution is -0.121. The third kappa shape index (κ3) is 4.79. The lowest BCUT2D eigenvalue weighted by Crippen LogP contribution is -2.39. The van der Waals surface area contributed by atoms with Crippen LogP contribution in [0.25, 0.3) is 0 Å². The molecule has 2 aromatic carbocycles. The van der Waals surface area contributed by atoms with E-state index in [1.54, 1.807) is 0 Å². The Morgan fingerprint density at radius 1 is 1.00 bits per heavy atom. The van der Waals surface area contributed by atoms with Crippen LogP contribution in [0.2, 0.25) is 10.0 Å². The normalized spacial score (nSPS) is 18.4. The Balaban J connectivity index is 1.36. The Morgan fingerprint density at radius 3 is 2.32 bits per heavy atom. The van der Waals surface area contributed by atoms with Gasteiger partial charge in [0.2, 0.25) is 5.91 Å². The molecule has 2 amide bonds. The van der Waals surface area contributed by atoms with Gasteiger partial charge in [-0.1, -0.05) is 23.2 Å². The highest BCUT2D eigenvalue weighted by Gasteiger charge is 2.41. The molecule has 1 unspecified atom stereocenters. The Bertz CT molecular complexity index is 1070. The zero-order valence-corrected chi connectivity index (χ0v) is 17.8. The molecular formula is C22H18Cl2N2O5. The average molecular weight is 461 g/mol. The number of rotatable bonds is 7. The van der Waals surface area contributed by atoms with Crippen LogP contribution in [-0.2, 0) is 14.3 Å². The Kier molecular flexibility index (Phi) is 6.09. The van der Waals surface area contributed by atoms with Gasteiger partial charge in [0.15, 0.2) is 12.4 Å². The Labute approximate surface area is 188 Å². The monoisotopic (exact) mass is 460 g/mol. The molecule has 7 nitrogen and oxygen atoms in total. The van der Waals surface area contributed by atoms with Crippen LogP contribution in [0.4, 0.5) is 5.69 Å². The molecule has 2 aromatic rings. The summed E-state index contributed by atoms with van der Waals surface area (Å²) in [6, 6.07) is 10.1. The topological polar surface area (TPSA) is 92.8 Å². The maximum absolute atomic E-state index is 12.6. The van der Waals surface area contributed by atoms with Gasteiger partial charge in [-0.25, -0.2) is 9.69 Å². The van der Waals surface area contributed by atoms with Gasteiger partial charge in [0.1, 0.15) is 0 Å². The molecule has 1 aliphatic heterocycles. The molecule has 4 rings (SSSR count). The van der Waals surface area contributed by atoms with E-state index in [1.165, 1.54) is 42.5 Å². The first kappa shape index (κ1) is 21.5. The second-order valence-electron chi connectivity index (χ2n) is 7.44. The minimum atomic E-state index is -0.702. The van der Waals surface area contributed by atoms with E-state index < -0.39 is 24.4 Å². The van der Waals surface area contributed by atoms with E-state index in [2.05, 4.69) is 5.32 Å². The van der Waals surface area contributed by atoms with Crippen LogP contribution in [0.15, 0.2) is 42.5 Å². The fourth-order valence-corrected chi connectivity index (χ4v) is 3.58. The first-order valence-corrected chi connectivity index (χ1v) is 10.5. The smallest absolute Gasteiger partial charge is 0.338 e. The van der Waals surface area contributed by atoms with Crippen LogP contribution in [0.5, 0.6) is 0 Å². The maximum Gasteiger partial charge on any atom is 0.338 e. The first-order chi connectivity index (χ1) is 14.8. The van der Waals surface area contributed by atoms with Gasteiger partial charge in [0.05, 0.1) is 33.8 Å². The standard InChI is InChI=1S/C22H18Cl2N2O5/c23-16-8-3-13(9-17(16)24)19(27)11-31-22(30)12-1-6-15(7-2-12)26-20(28)10-18(21(26)29)25-14-4-5-14/h1-3,6-9,14,18,25H,4-5,10-11H2.